The van der Waals surface area contributed by atoms with Crippen LogP contribution in [0.25, 0.3) is 15.5 Å². The number of ether oxygens (including phenoxy) is 2. The van der Waals surface area contributed by atoms with Crippen molar-refractivity contribution >= 4 is 50.8 Å². The van der Waals surface area contributed by atoms with Crippen molar-refractivity contribution in [2.75, 3.05) is 6.61 Å². The number of thioether (sulfide) groups is 1. The van der Waals surface area contributed by atoms with Crippen LogP contribution < -0.4 is 0 Å². The van der Waals surface area contributed by atoms with Crippen molar-refractivity contribution in [3.8, 4) is 10.7 Å². The number of carbonyl (C=O) groups excluding carboxylic acids is 1. The lowest BCUT2D eigenvalue weighted by atomic mass is 9.84. The van der Waals surface area contributed by atoms with E-state index in [0.29, 0.717) is 11.5 Å². The van der Waals surface area contributed by atoms with Gasteiger partial charge in [0.2, 0.25) is 0 Å². The third kappa shape index (κ3) is 5.27. The lowest BCUT2D eigenvalue weighted by Crippen LogP contribution is -2.47. The summed E-state index contributed by atoms with van der Waals surface area (Å²) in [6.07, 6.45) is 4.89. The summed E-state index contributed by atoms with van der Waals surface area (Å²) in [5.74, 6) is -0.0500. The summed E-state index contributed by atoms with van der Waals surface area (Å²) in [6.45, 7) is 13.1. The average Bonchev–Trinajstić information content (AvgIpc) is 3.47. The van der Waals surface area contributed by atoms with E-state index in [9.17, 15) is 4.79 Å². The largest absolute Gasteiger partial charge is 0.463 e. The number of aromatic nitrogens is 5. The molecule has 0 amide bonds. The molecule has 0 bridgehead atoms. The average molecular weight is 549 g/mol. The van der Waals surface area contributed by atoms with E-state index in [1.165, 1.54) is 30.0 Å². The van der Waals surface area contributed by atoms with E-state index in [0.717, 1.165) is 14.4 Å². The number of pyridine rings is 1. The highest BCUT2D eigenvalue weighted by Gasteiger charge is 2.44. The van der Waals surface area contributed by atoms with Gasteiger partial charge in [-0.05, 0) is 22.0 Å². The first kappa shape index (κ1) is 23.8. The minimum atomic E-state index is -0.358. The molecule has 1 aliphatic heterocycles. The summed E-state index contributed by atoms with van der Waals surface area (Å²) in [5, 5.41) is 11.4. The Morgan fingerprint density at radius 3 is 2.91 bits per heavy atom. The fraction of sp³-hybridized carbons (Fsp3) is 0.429. The Kier molecular flexibility index (Phi) is 7.43. The molecule has 0 spiro atoms. The van der Waals surface area contributed by atoms with Crippen LogP contribution in [0.5, 0.6) is 0 Å². The van der Waals surface area contributed by atoms with Crippen molar-refractivity contribution in [1.82, 2.24) is 25.0 Å². The molecule has 12 heteroatoms. The van der Waals surface area contributed by atoms with Gasteiger partial charge in [0.05, 0.1) is 22.8 Å². The fourth-order valence-electron chi connectivity index (χ4n) is 3.87. The van der Waals surface area contributed by atoms with Gasteiger partial charge in [-0.2, -0.15) is 0 Å². The Morgan fingerprint density at radius 1 is 1.39 bits per heavy atom. The van der Waals surface area contributed by atoms with Gasteiger partial charge < -0.3 is 14.3 Å². The topological polar surface area (TPSA) is 96.4 Å². The van der Waals surface area contributed by atoms with Crippen molar-refractivity contribution in [2.24, 2.45) is 11.8 Å². The zero-order valence-corrected chi connectivity index (χ0v) is 21.3. The smallest absolute Gasteiger partial charge is 0.302 e. The molecule has 5 atom stereocenters. The van der Waals surface area contributed by atoms with Gasteiger partial charge in [-0.3, -0.25) is 4.79 Å². The molecule has 33 heavy (non-hydrogen) atoms. The van der Waals surface area contributed by atoms with Gasteiger partial charge in [-0.25, -0.2) is 9.67 Å². The van der Waals surface area contributed by atoms with E-state index in [2.05, 4.69) is 54.9 Å². The maximum atomic E-state index is 11.5. The molecule has 3 aromatic heterocycles. The lowest BCUT2D eigenvalue weighted by Gasteiger charge is -2.44. The first-order valence-electron chi connectivity index (χ1n) is 10.2. The van der Waals surface area contributed by atoms with Crippen LogP contribution in [0.2, 0.25) is 0 Å². The SMILES string of the molecule is [C-]#[N+]c1ncc(Br)cc1S[C@H]1OC(COC(C)=O)[C@H](C)[C@H](n2cc(-c3nccs3)nn2)C1C. The summed E-state index contributed by atoms with van der Waals surface area (Å²) in [4.78, 5) is 24.3. The molecule has 0 saturated carbocycles. The zero-order valence-electron chi connectivity index (χ0n) is 18.1. The van der Waals surface area contributed by atoms with Crippen molar-refractivity contribution in [2.45, 2.75) is 43.2 Å². The number of thiazole rings is 1. The van der Waals surface area contributed by atoms with E-state index in [1.807, 2.05) is 22.3 Å². The van der Waals surface area contributed by atoms with Crippen molar-refractivity contribution in [3.05, 3.63) is 45.9 Å². The summed E-state index contributed by atoms with van der Waals surface area (Å²) < 4.78 is 14.3. The number of carbonyl (C=O) groups is 1. The predicted molar refractivity (Wildman–Crippen MR) is 128 cm³/mol. The Balaban J connectivity index is 1.65. The first-order chi connectivity index (χ1) is 15.9. The molecular weight excluding hydrogens is 528 g/mol. The van der Waals surface area contributed by atoms with Gasteiger partial charge in [-0.15, -0.1) is 33.2 Å². The second-order valence-corrected chi connectivity index (χ2v) is 10.6. The number of hydrogen-bond donors (Lipinski definition) is 0. The number of nitrogens with zero attached hydrogens (tertiary/aromatic N) is 6. The van der Waals surface area contributed by atoms with Crippen molar-refractivity contribution in [1.29, 1.82) is 0 Å². The van der Waals surface area contributed by atoms with Crippen LogP contribution in [0.1, 0.15) is 26.8 Å². The van der Waals surface area contributed by atoms with Crippen LogP contribution in [0.3, 0.4) is 0 Å². The standard InChI is InChI=1S/C21H21BrN6O3S2/c1-11-16(10-30-13(3)29)31-21(33-17-7-14(22)8-25-19(17)23-4)12(2)18(11)28-9-15(26-27-28)20-24-5-6-32-20/h5-9,11-12,16,18,21H,10H2,1-3H3/t11-,12?,16?,18-,21+/m0/s1. The number of halogens is 1. The Morgan fingerprint density at radius 2 is 2.21 bits per heavy atom. The van der Waals surface area contributed by atoms with Crippen LogP contribution in [0.4, 0.5) is 5.82 Å². The molecule has 0 N–H and O–H groups in total. The second kappa shape index (κ2) is 10.3. The van der Waals surface area contributed by atoms with E-state index < -0.39 is 0 Å². The molecule has 3 aromatic rings. The van der Waals surface area contributed by atoms with Crippen LogP contribution in [-0.4, -0.2) is 49.1 Å². The lowest BCUT2D eigenvalue weighted by molar-refractivity contribution is -0.156. The minimum absolute atomic E-state index is 0.00184. The molecule has 0 aliphatic carbocycles. The molecular formula is C21H21BrN6O3S2. The van der Waals surface area contributed by atoms with Crippen molar-refractivity contribution < 1.29 is 14.3 Å². The van der Waals surface area contributed by atoms with Crippen LogP contribution in [0, 0.1) is 18.4 Å². The Bertz CT molecular complexity index is 1170. The summed E-state index contributed by atoms with van der Waals surface area (Å²) in [5.41, 5.74) is 0.388. The molecule has 4 heterocycles. The maximum Gasteiger partial charge on any atom is 0.302 e. The Labute approximate surface area is 207 Å². The quantitative estimate of drug-likeness (QED) is 0.313. The molecule has 1 aliphatic rings. The van der Waals surface area contributed by atoms with E-state index in [-0.39, 0.29) is 42.0 Å². The van der Waals surface area contributed by atoms with E-state index in [4.69, 9.17) is 16.0 Å². The molecule has 1 saturated heterocycles. The molecule has 4 rings (SSSR count). The number of esters is 1. The highest BCUT2D eigenvalue weighted by atomic mass is 79.9. The van der Waals surface area contributed by atoms with E-state index in [1.54, 1.807) is 12.4 Å². The van der Waals surface area contributed by atoms with Gasteiger partial charge in [0.1, 0.15) is 28.9 Å². The summed E-state index contributed by atoms with van der Waals surface area (Å²) >= 11 is 6.38. The van der Waals surface area contributed by atoms with Gasteiger partial charge >= 0.3 is 5.97 Å². The second-order valence-electron chi connectivity index (χ2n) is 7.68. The first-order valence-corrected chi connectivity index (χ1v) is 12.7. The third-order valence-corrected chi connectivity index (χ3v) is 8.03. The van der Waals surface area contributed by atoms with Crippen LogP contribution in [-0.2, 0) is 14.3 Å². The van der Waals surface area contributed by atoms with E-state index >= 15 is 0 Å². The predicted octanol–water partition coefficient (Wildman–Crippen LogP) is 5.00. The molecule has 172 valence electrons. The number of rotatable bonds is 6. The summed E-state index contributed by atoms with van der Waals surface area (Å²) in [6, 6.07) is 1.79. The molecule has 2 unspecified atom stereocenters. The molecule has 9 nitrogen and oxygen atoms in total. The fourth-order valence-corrected chi connectivity index (χ4v) is 6.16. The van der Waals surface area contributed by atoms with Crippen LogP contribution in [0.15, 0.2) is 39.4 Å². The molecule has 1 fully saturated rings. The maximum absolute atomic E-state index is 11.5. The third-order valence-electron chi connectivity index (χ3n) is 5.47. The monoisotopic (exact) mass is 548 g/mol. The number of hydrogen-bond acceptors (Lipinski definition) is 9. The Hall–Kier alpha value is -2.33. The van der Waals surface area contributed by atoms with Gasteiger partial charge in [0.15, 0.2) is 0 Å². The highest BCUT2D eigenvalue weighted by Crippen LogP contribution is 2.46. The highest BCUT2D eigenvalue weighted by molar-refractivity contribution is 9.10. The van der Waals surface area contributed by atoms with Gasteiger partial charge in [0, 0.05) is 35.2 Å². The van der Waals surface area contributed by atoms with Crippen LogP contribution >= 0.6 is 39.0 Å². The normalized spacial score (nSPS) is 24.9. The molecule has 0 aromatic carbocycles. The van der Waals surface area contributed by atoms with Gasteiger partial charge in [-0.1, -0.05) is 25.6 Å². The minimum Gasteiger partial charge on any atom is -0.463 e. The summed E-state index contributed by atoms with van der Waals surface area (Å²) in [7, 11) is 0. The van der Waals surface area contributed by atoms with Gasteiger partial charge in [0.25, 0.3) is 5.82 Å². The zero-order chi connectivity index (χ0) is 23.5. The van der Waals surface area contributed by atoms with Crippen molar-refractivity contribution in [3.63, 3.8) is 0 Å². The molecule has 0 radical (unpaired) electrons.